The summed E-state index contributed by atoms with van der Waals surface area (Å²) in [7, 11) is 0. The van der Waals surface area contributed by atoms with Gasteiger partial charge >= 0.3 is 0 Å². The smallest absolute Gasteiger partial charge is 0.128 e. The van der Waals surface area contributed by atoms with E-state index in [9.17, 15) is 0 Å². The number of hydrogen-bond donors (Lipinski definition) is 2. The molecule has 3 atom stereocenters. The quantitative estimate of drug-likeness (QED) is 0.872. The molecular formula is C18H29ClN4O. The zero-order valence-corrected chi connectivity index (χ0v) is 15.1. The van der Waals surface area contributed by atoms with Gasteiger partial charge in [-0.25, -0.2) is 4.98 Å². The van der Waals surface area contributed by atoms with Gasteiger partial charge in [0, 0.05) is 31.7 Å². The molecule has 2 saturated heterocycles. The van der Waals surface area contributed by atoms with Gasteiger partial charge in [0.05, 0.1) is 25.1 Å². The van der Waals surface area contributed by atoms with Crippen LogP contribution in [0.4, 0.5) is 11.5 Å². The molecule has 3 aliphatic rings. The molecule has 1 aliphatic carbocycles. The predicted octanol–water partition coefficient (Wildman–Crippen LogP) is 2.67. The Morgan fingerprint density at radius 3 is 2.75 bits per heavy atom. The third-order valence-corrected chi connectivity index (χ3v) is 5.57. The zero-order chi connectivity index (χ0) is 15.5. The first-order valence-corrected chi connectivity index (χ1v) is 9.19. The van der Waals surface area contributed by atoms with Crippen molar-refractivity contribution in [1.29, 1.82) is 0 Å². The summed E-state index contributed by atoms with van der Waals surface area (Å²) in [6, 6.07) is 5.40. The Hall–Kier alpha value is -1.04. The van der Waals surface area contributed by atoms with E-state index < -0.39 is 0 Å². The number of morpholine rings is 1. The molecule has 2 aliphatic heterocycles. The van der Waals surface area contributed by atoms with Crippen LogP contribution >= 0.6 is 12.4 Å². The Labute approximate surface area is 151 Å². The summed E-state index contributed by atoms with van der Waals surface area (Å²) in [5, 5.41) is 7.37. The molecule has 1 saturated carbocycles. The minimum Gasteiger partial charge on any atom is -0.381 e. The summed E-state index contributed by atoms with van der Waals surface area (Å²) in [5.74, 6) is 1.78. The van der Waals surface area contributed by atoms with Gasteiger partial charge in [-0.15, -0.1) is 12.4 Å². The number of halogens is 1. The molecule has 1 aromatic rings. The molecule has 134 valence electrons. The molecule has 1 aromatic heterocycles. The Morgan fingerprint density at radius 2 is 2.04 bits per heavy atom. The number of rotatable bonds is 4. The van der Waals surface area contributed by atoms with E-state index in [1.54, 1.807) is 0 Å². The second kappa shape index (κ2) is 8.37. The van der Waals surface area contributed by atoms with Crippen molar-refractivity contribution in [2.75, 3.05) is 43.1 Å². The van der Waals surface area contributed by atoms with Crippen molar-refractivity contribution in [3.63, 3.8) is 0 Å². The minimum absolute atomic E-state index is 0. The first-order chi connectivity index (χ1) is 11.4. The van der Waals surface area contributed by atoms with Crippen molar-refractivity contribution in [3.8, 4) is 0 Å². The molecule has 0 bridgehead atoms. The molecule has 0 aromatic carbocycles. The van der Waals surface area contributed by atoms with E-state index in [0.717, 1.165) is 44.4 Å². The van der Waals surface area contributed by atoms with E-state index in [-0.39, 0.29) is 12.4 Å². The number of pyridine rings is 1. The average molecular weight is 353 g/mol. The maximum absolute atomic E-state index is 5.66. The third-order valence-electron chi connectivity index (χ3n) is 5.57. The van der Waals surface area contributed by atoms with Crippen molar-refractivity contribution in [1.82, 2.24) is 10.3 Å². The van der Waals surface area contributed by atoms with Crippen LogP contribution in [-0.4, -0.2) is 49.9 Å². The lowest BCUT2D eigenvalue weighted by atomic mass is 9.94. The monoisotopic (exact) mass is 352 g/mol. The van der Waals surface area contributed by atoms with Gasteiger partial charge in [0.2, 0.25) is 0 Å². The number of nitrogens with one attached hydrogen (secondary N) is 2. The second-order valence-electron chi connectivity index (χ2n) is 7.08. The molecular weight excluding hydrogens is 324 g/mol. The predicted molar refractivity (Wildman–Crippen MR) is 100 cm³/mol. The van der Waals surface area contributed by atoms with Gasteiger partial charge in [-0.3, -0.25) is 0 Å². The summed E-state index contributed by atoms with van der Waals surface area (Å²) < 4.78 is 5.66. The summed E-state index contributed by atoms with van der Waals surface area (Å²) >= 11 is 0. The lowest BCUT2D eigenvalue weighted by Gasteiger charge is -2.33. The molecule has 4 rings (SSSR count). The van der Waals surface area contributed by atoms with Crippen LogP contribution in [0.25, 0.3) is 0 Å². The van der Waals surface area contributed by atoms with Gasteiger partial charge in [0.1, 0.15) is 5.82 Å². The molecule has 6 heteroatoms. The Bertz CT molecular complexity index is 500. The molecule has 3 unspecified atom stereocenters. The maximum atomic E-state index is 5.66. The minimum atomic E-state index is 0. The van der Waals surface area contributed by atoms with Crippen LogP contribution in [0.1, 0.15) is 32.1 Å². The highest BCUT2D eigenvalue weighted by Crippen LogP contribution is 2.32. The molecule has 3 heterocycles. The van der Waals surface area contributed by atoms with E-state index in [1.165, 1.54) is 32.1 Å². The molecule has 3 fully saturated rings. The topological polar surface area (TPSA) is 49.4 Å². The van der Waals surface area contributed by atoms with Crippen molar-refractivity contribution in [2.45, 2.75) is 44.2 Å². The molecule has 0 radical (unpaired) electrons. The number of nitrogens with zero attached hydrogens (tertiary/aromatic N) is 2. The van der Waals surface area contributed by atoms with Crippen molar-refractivity contribution < 1.29 is 4.74 Å². The van der Waals surface area contributed by atoms with E-state index in [4.69, 9.17) is 4.74 Å². The second-order valence-corrected chi connectivity index (χ2v) is 7.08. The molecule has 2 N–H and O–H groups in total. The van der Waals surface area contributed by atoms with Gasteiger partial charge in [0.15, 0.2) is 0 Å². The maximum Gasteiger partial charge on any atom is 0.128 e. The SMILES string of the molecule is Cl.c1cc(N2CCCC2)ncc1NC1CCCC1C1COCCN1. The summed E-state index contributed by atoms with van der Waals surface area (Å²) in [6.45, 7) is 4.99. The number of anilines is 2. The van der Waals surface area contributed by atoms with Crippen LogP contribution in [0.3, 0.4) is 0 Å². The Morgan fingerprint density at radius 1 is 1.17 bits per heavy atom. The first kappa shape index (κ1) is 17.8. The number of ether oxygens (including phenoxy) is 1. The third kappa shape index (κ3) is 3.95. The number of hydrogen-bond acceptors (Lipinski definition) is 5. The van der Waals surface area contributed by atoms with Crippen molar-refractivity contribution in [2.24, 2.45) is 5.92 Å². The van der Waals surface area contributed by atoms with Crippen LogP contribution in [0.5, 0.6) is 0 Å². The highest BCUT2D eigenvalue weighted by molar-refractivity contribution is 5.85. The fourth-order valence-electron chi connectivity index (χ4n) is 4.33. The van der Waals surface area contributed by atoms with Gasteiger partial charge < -0.3 is 20.3 Å². The van der Waals surface area contributed by atoms with Gasteiger partial charge in [-0.2, -0.15) is 0 Å². The van der Waals surface area contributed by atoms with Crippen LogP contribution in [0.15, 0.2) is 18.3 Å². The van der Waals surface area contributed by atoms with Crippen LogP contribution in [0.2, 0.25) is 0 Å². The standard InChI is InChI=1S/C18H28N4O.ClH/c1-2-10-22(9-1)18-7-6-14(12-20-18)21-16-5-3-4-15(16)17-13-23-11-8-19-17;/h6-7,12,15-17,19,21H,1-5,8-11,13H2;1H. The Balaban J connectivity index is 0.00000169. The van der Waals surface area contributed by atoms with Gasteiger partial charge in [0.25, 0.3) is 0 Å². The van der Waals surface area contributed by atoms with Gasteiger partial charge in [-0.1, -0.05) is 6.42 Å². The van der Waals surface area contributed by atoms with Crippen molar-refractivity contribution >= 4 is 23.9 Å². The highest BCUT2D eigenvalue weighted by atomic mass is 35.5. The normalized spacial score (nSPS) is 30.2. The first-order valence-electron chi connectivity index (χ1n) is 9.19. The lowest BCUT2D eigenvalue weighted by Crippen LogP contribution is -2.49. The molecule has 24 heavy (non-hydrogen) atoms. The van der Waals surface area contributed by atoms with E-state index in [0.29, 0.717) is 18.0 Å². The van der Waals surface area contributed by atoms with Crippen LogP contribution in [0, 0.1) is 5.92 Å². The summed E-state index contributed by atoms with van der Waals surface area (Å²) in [6.07, 6.45) is 8.44. The lowest BCUT2D eigenvalue weighted by molar-refractivity contribution is 0.0559. The summed E-state index contributed by atoms with van der Waals surface area (Å²) in [4.78, 5) is 7.04. The van der Waals surface area contributed by atoms with Gasteiger partial charge in [-0.05, 0) is 43.7 Å². The molecule has 0 amide bonds. The highest BCUT2D eigenvalue weighted by Gasteiger charge is 2.34. The summed E-state index contributed by atoms with van der Waals surface area (Å²) in [5.41, 5.74) is 1.15. The molecule has 0 spiro atoms. The van der Waals surface area contributed by atoms with E-state index in [1.807, 2.05) is 6.20 Å². The van der Waals surface area contributed by atoms with E-state index >= 15 is 0 Å². The molecule has 5 nitrogen and oxygen atoms in total. The largest absolute Gasteiger partial charge is 0.381 e. The van der Waals surface area contributed by atoms with Crippen LogP contribution in [-0.2, 0) is 4.74 Å². The fraction of sp³-hybridized carbons (Fsp3) is 0.722. The number of aromatic nitrogens is 1. The zero-order valence-electron chi connectivity index (χ0n) is 14.2. The Kier molecular flexibility index (Phi) is 6.19. The van der Waals surface area contributed by atoms with E-state index in [2.05, 4.69) is 32.7 Å². The van der Waals surface area contributed by atoms with Crippen LogP contribution < -0.4 is 15.5 Å². The van der Waals surface area contributed by atoms with Crippen molar-refractivity contribution in [3.05, 3.63) is 18.3 Å². The fourth-order valence-corrected chi connectivity index (χ4v) is 4.33. The average Bonchev–Trinajstić information content (AvgIpc) is 3.28.